The van der Waals surface area contributed by atoms with Gasteiger partial charge in [-0.2, -0.15) is 0 Å². The Morgan fingerprint density at radius 2 is 2.15 bits per heavy atom. The Labute approximate surface area is 118 Å². The van der Waals surface area contributed by atoms with Gasteiger partial charge in [0.1, 0.15) is 5.82 Å². The first kappa shape index (κ1) is 14.8. The van der Waals surface area contributed by atoms with E-state index in [1.165, 1.54) is 25.3 Å². The summed E-state index contributed by atoms with van der Waals surface area (Å²) in [6, 6.07) is 4.22. The molecular formula is C15H20FNO3. The molecule has 2 rings (SSSR count). The van der Waals surface area contributed by atoms with Gasteiger partial charge in [-0.3, -0.25) is 0 Å². The summed E-state index contributed by atoms with van der Waals surface area (Å²) in [4.78, 5) is 11.7. The number of anilines is 1. The Morgan fingerprint density at radius 1 is 1.35 bits per heavy atom. The van der Waals surface area contributed by atoms with Crippen molar-refractivity contribution in [2.75, 3.05) is 19.5 Å². The van der Waals surface area contributed by atoms with Crippen LogP contribution in [-0.4, -0.2) is 32.3 Å². The van der Waals surface area contributed by atoms with Gasteiger partial charge in [-0.25, -0.2) is 9.18 Å². The molecule has 20 heavy (non-hydrogen) atoms. The smallest absolute Gasteiger partial charge is 0.339 e. The highest BCUT2D eigenvalue weighted by molar-refractivity contribution is 5.95. The fourth-order valence-corrected chi connectivity index (χ4v) is 2.63. The molecule has 0 amide bonds. The molecule has 0 bridgehead atoms. The molecule has 5 heteroatoms. The fourth-order valence-electron chi connectivity index (χ4n) is 2.63. The summed E-state index contributed by atoms with van der Waals surface area (Å²) in [6.07, 6.45) is 4.15. The van der Waals surface area contributed by atoms with E-state index in [1.807, 2.05) is 0 Å². The van der Waals surface area contributed by atoms with Crippen LogP contribution in [0.15, 0.2) is 18.2 Å². The van der Waals surface area contributed by atoms with Gasteiger partial charge in [-0.05, 0) is 43.9 Å². The van der Waals surface area contributed by atoms with Crippen LogP contribution in [0.3, 0.4) is 0 Å². The highest BCUT2D eigenvalue weighted by Gasteiger charge is 2.23. The second-order valence-corrected chi connectivity index (χ2v) is 5.05. The lowest BCUT2D eigenvalue weighted by Gasteiger charge is -2.30. The molecule has 1 aliphatic rings. The molecule has 2 atom stereocenters. The van der Waals surface area contributed by atoms with Crippen LogP contribution in [0.4, 0.5) is 10.1 Å². The molecule has 1 fully saturated rings. The third kappa shape index (κ3) is 3.48. The molecule has 0 radical (unpaired) electrons. The first-order chi connectivity index (χ1) is 9.63. The maximum atomic E-state index is 13.4. The summed E-state index contributed by atoms with van der Waals surface area (Å²) >= 11 is 0. The van der Waals surface area contributed by atoms with Crippen LogP contribution in [-0.2, 0) is 9.47 Å². The zero-order valence-corrected chi connectivity index (χ0v) is 11.8. The third-order valence-electron chi connectivity index (χ3n) is 3.71. The number of carbonyl (C=O) groups excluding carboxylic acids is 1. The van der Waals surface area contributed by atoms with E-state index >= 15 is 0 Å². The van der Waals surface area contributed by atoms with Crippen LogP contribution < -0.4 is 5.32 Å². The van der Waals surface area contributed by atoms with E-state index in [-0.39, 0.29) is 18.0 Å². The summed E-state index contributed by atoms with van der Waals surface area (Å²) in [6.45, 7) is 0. The Hall–Kier alpha value is -1.62. The van der Waals surface area contributed by atoms with Gasteiger partial charge >= 0.3 is 5.97 Å². The van der Waals surface area contributed by atoms with Gasteiger partial charge in [0, 0.05) is 13.2 Å². The lowest BCUT2D eigenvalue weighted by atomic mass is 9.92. The Bertz CT molecular complexity index is 478. The van der Waals surface area contributed by atoms with E-state index in [1.54, 1.807) is 7.11 Å². The second kappa shape index (κ2) is 6.70. The predicted octanol–water partition coefficient (Wildman–Crippen LogP) is 2.98. The largest absolute Gasteiger partial charge is 0.465 e. The van der Waals surface area contributed by atoms with Crippen molar-refractivity contribution in [3.8, 4) is 0 Å². The number of carbonyl (C=O) groups is 1. The van der Waals surface area contributed by atoms with E-state index in [0.717, 1.165) is 25.7 Å². The molecule has 4 nitrogen and oxygen atoms in total. The van der Waals surface area contributed by atoms with E-state index in [2.05, 4.69) is 5.32 Å². The SMILES string of the molecule is COC(=O)c1ccc(F)cc1NC1CCCC(OC)C1. The van der Waals surface area contributed by atoms with Crippen LogP contribution in [0.5, 0.6) is 0 Å². The van der Waals surface area contributed by atoms with Gasteiger partial charge in [0.25, 0.3) is 0 Å². The second-order valence-electron chi connectivity index (χ2n) is 5.05. The molecule has 1 N–H and O–H groups in total. The predicted molar refractivity (Wildman–Crippen MR) is 74.4 cm³/mol. The Kier molecular flexibility index (Phi) is 4.95. The molecule has 1 aromatic carbocycles. The number of ether oxygens (including phenoxy) is 2. The van der Waals surface area contributed by atoms with Crippen LogP contribution in [0.2, 0.25) is 0 Å². The van der Waals surface area contributed by atoms with E-state index in [4.69, 9.17) is 9.47 Å². The van der Waals surface area contributed by atoms with Gasteiger partial charge in [0.05, 0.1) is 24.5 Å². The average Bonchev–Trinajstić information content (AvgIpc) is 2.47. The summed E-state index contributed by atoms with van der Waals surface area (Å²) in [5.74, 6) is -0.842. The molecule has 1 aliphatic carbocycles. The van der Waals surface area contributed by atoms with Crippen molar-refractivity contribution in [1.82, 2.24) is 0 Å². The van der Waals surface area contributed by atoms with Crippen molar-refractivity contribution in [3.05, 3.63) is 29.6 Å². The van der Waals surface area contributed by atoms with Crippen molar-refractivity contribution < 1.29 is 18.7 Å². The van der Waals surface area contributed by atoms with Crippen molar-refractivity contribution >= 4 is 11.7 Å². The summed E-state index contributed by atoms with van der Waals surface area (Å²) in [5, 5.41) is 3.25. The quantitative estimate of drug-likeness (QED) is 0.862. The van der Waals surface area contributed by atoms with Crippen molar-refractivity contribution in [1.29, 1.82) is 0 Å². The topological polar surface area (TPSA) is 47.6 Å². The van der Waals surface area contributed by atoms with E-state index < -0.39 is 5.97 Å². The number of hydrogen-bond acceptors (Lipinski definition) is 4. The summed E-state index contributed by atoms with van der Waals surface area (Å²) in [7, 11) is 3.02. The van der Waals surface area contributed by atoms with Gasteiger partial charge in [0.2, 0.25) is 0 Å². The van der Waals surface area contributed by atoms with Gasteiger partial charge in [-0.1, -0.05) is 0 Å². The van der Waals surface area contributed by atoms with E-state index in [9.17, 15) is 9.18 Å². The number of benzene rings is 1. The first-order valence-corrected chi connectivity index (χ1v) is 6.81. The molecule has 0 saturated heterocycles. The van der Waals surface area contributed by atoms with Crippen LogP contribution >= 0.6 is 0 Å². The molecule has 1 saturated carbocycles. The molecule has 0 aromatic heterocycles. The first-order valence-electron chi connectivity index (χ1n) is 6.81. The molecule has 110 valence electrons. The van der Waals surface area contributed by atoms with Crippen molar-refractivity contribution in [3.63, 3.8) is 0 Å². The zero-order valence-electron chi connectivity index (χ0n) is 11.8. The maximum Gasteiger partial charge on any atom is 0.339 e. The Morgan fingerprint density at radius 3 is 2.85 bits per heavy atom. The van der Waals surface area contributed by atoms with E-state index in [0.29, 0.717) is 11.3 Å². The number of nitrogens with one attached hydrogen (secondary N) is 1. The monoisotopic (exact) mass is 281 g/mol. The lowest BCUT2D eigenvalue weighted by Crippen LogP contribution is -2.31. The van der Waals surface area contributed by atoms with Crippen LogP contribution in [0.1, 0.15) is 36.0 Å². The molecule has 2 unspecified atom stereocenters. The minimum Gasteiger partial charge on any atom is -0.465 e. The molecule has 1 aromatic rings. The minimum atomic E-state index is -0.466. The van der Waals surface area contributed by atoms with Crippen LogP contribution in [0.25, 0.3) is 0 Å². The van der Waals surface area contributed by atoms with Gasteiger partial charge in [-0.15, -0.1) is 0 Å². The highest BCUT2D eigenvalue weighted by atomic mass is 19.1. The average molecular weight is 281 g/mol. The summed E-state index contributed by atoms with van der Waals surface area (Å²) < 4.78 is 23.5. The van der Waals surface area contributed by atoms with Gasteiger partial charge < -0.3 is 14.8 Å². The van der Waals surface area contributed by atoms with Crippen LogP contribution in [0, 0.1) is 5.82 Å². The fraction of sp³-hybridized carbons (Fsp3) is 0.533. The Balaban J connectivity index is 2.15. The van der Waals surface area contributed by atoms with Gasteiger partial charge in [0.15, 0.2) is 0 Å². The molecule has 0 aliphatic heterocycles. The van der Waals surface area contributed by atoms with Crippen molar-refractivity contribution in [2.24, 2.45) is 0 Å². The zero-order chi connectivity index (χ0) is 14.5. The number of esters is 1. The summed E-state index contributed by atoms with van der Waals surface area (Å²) in [5.41, 5.74) is 0.840. The number of rotatable bonds is 4. The lowest BCUT2D eigenvalue weighted by molar-refractivity contribution is 0.0601. The normalized spacial score (nSPS) is 22.4. The highest BCUT2D eigenvalue weighted by Crippen LogP contribution is 2.26. The standard InChI is InChI=1S/C15H20FNO3/c1-19-12-5-3-4-11(9-12)17-14-8-10(16)6-7-13(14)15(18)20-2/h6-8,11-12,17H,3-5,9H2,1-2H3. The number of hydrogen-bond donors (Lipinski definition) is 1. The third-order valence-corrected chi connectivity index (χ3v) is 3.71. The number of methoxy groups -OCH3 is 2. The number of halogens is 1. The van der Waals surface area contributed by atoms with Crippen molar-refractivity contribution in [2.45, 2.75) is 37.8 Å². The molecule has 0 spiro atoms. The maximum absolute atomic E-state index is 13.4. The molecular weight excluding hydrogens is 261 g/mol. The minimum absolute atomic E-state index is 0.180. The molecule has 0 heterocycles.